The molecule has 0 bridgehead atoms. The zero-order chi connectivity index (χ0) is 19.8. The molecule has 0 unspecified atom stereocenters. The van der Waals surface area contributed by atoms with E-state index >= 15 is 0 Å². The third kappa shape index (κ3) is 5.07. The summed E-state index contributed by atoms with van der Waals surface area (Å²) in [5.41, 5.74) is 3.81. The number of carbonyl (C=O) groups is 2. The molecule has 0 saturated carbocycles. The first-order chi connectivity index (χ1) is 13.6. The molecule has 28 heavy (non-hydrogen) atoms. The summed E-state index contributed by atoms with van der Waals surface area (Å²) in [7, 11) is 0. The van der Waals surface area contributed by atoms with Crippen molar-refractivity contribution in [3.8, 4) is 0 Å². The Labute approximate surface area is 165 Å². The summed E-state index contributed by atoms with van der Waals surface area (Å²) in [6.07, 6.45) is 0. The number of esters is 1. The maximum atomic E-state index is 12.8. The third-order valence-electron chi connectivity index (χ3n) is 4.58. The predicted molar refractivity (Wildman–Crippen MR) is 109 cm³/mol. The van der Waals surface area contributed by atoms with E-state index in [2.05, 4.69) is 5.32 Å². The van der Waals surface area contributed by atoms with Crippen LogP contribution in [0.1, 0.15) is 28.2 Å². The molecule has 3 aromatic carbocycles. The summed E-state index contributed by atoms with van der Waals surface area (Å²) in [5.74, 6) is -1.33. The summed E-state index contributed by atoms with van der Waals surface area (Å²) in [5, 5.41) is 2.80. The van der Waals surface area contributed by atoms with E-state index < -0.39 is 11.9 Å². The number of aryl methyl sites for hydroxylation is 1. The smallest absolute Gasteiger partial charge is 0.318 e. The normalized spacial score (nSPS) is 10.5. The van der Waals surface area contributed by atoms with Crippen LogP contribution in [0.3, 0.4) is 0 Å². The maximum absolute atomic E-state index is 12.8. The number of carbonyl (C=O) groups excluding carboxylic acids is 2. The molecule has 4 nitrogen and oxygen atoms in total. The van der Waals surface area contributed by atoms with Crippen LogP contribution in [-0.2, 0) is 20.9 Å². The second kappa shape index (κ2) is 9.51. The number of benzene rings is 3. The Hall–Kier alpha value is -3.40. The van der Waals surface area contributed by atoms with Crippen molar-refractivity contribution in [2.75, 3.05) is 6.61 Å². The molecule has 142 valence electrons. The molecule has 0 saturated heterocycles. The fourth-order valence-electron chi connectivity index (χ4n) is 3.03. The number of rotatable bonds is 7. The number of hydrogen-bond acceptors (Lipinski definition) is 3. The van der Waals surface area contributed by atoms with Crippen molar-refractivity contribution in [3.63, 3.8) is 0 Å². The highest BCUT2D eigenvalue weighted by atomic mass is 16.5. The highest BCUT2D eigenvalue weighted by Gasteiger charge is 2.24. The molecule has 0 aliphatic rings. The Balaban J connectivity index is 1.62. The van der Waals surface area contributed by atoms with Crippen LogP contribution in [0.2, 0.25) is 0 Å². The van der Waals surface area contributed by atoms with E-state index in [1.165, 1.54) is 0 Å². The first kappa shape index (κ1) is 19.4. The minimum Gasteiger partial charge on any atom is -0.455 e. The van der Waals surface area contributed by atoms with Crippen molar-refractivity contribution in [2.24, 2.45) is 0 Å². The monoisotopic (exact) mass is 373 g/mol. The van der Waals surface area contributed by atoms with Crippen LogP contribution in [-0.4, -0.2) is 18.5 Å². The van der Waals surface area contributed by atoms with Crippen LogP contribution in [0.5, 0.6) is 0 Å². The topological polar surface area (TPSA) is 55.4 Å². The molecular formula is C24H23NO3. The molecule has 3 rings (SSSR count). The summed E-state index contributed by atoms with van der Waals surface area (Å²) in [6.45, 7) is 2.09. The largest absolute Gasteiger partial charge is 0.455 e. The van der Waals surface area contributed by atoms with Gasteiger partial charge in [-0.25, -0.2) is 0 Å². The molecule has 1 N–H and O–H groups in total. The Morgan fingerprint density at radius 3 is 1.93 bits per heavy atom. The molecule has 0 spiro atoms. The van der Waals surface area contributed by atoms with E-state index in [1.54, 1.807) is 0 Å². The fraction of sp³-hybridized carbons (Fsp3) is 0.167. The quantitative estimate of drug-likeness (QED) is 0.637. The van der Waals surface area contributed by atoms with E-state index in [0.29, 0.717) is 6.54 Å². The van der Waals surface area contributed by atoms with E-state index in [4.69, 9.17) is 4.74 Å². The van der Waals surface area contributed by atoms with Crippen molar-refractivity contribution in [1.29, 1.82) is 0 Å². The summed E-state index contributed by atoms with van der Waals surface area (Å²) < 4.78 is 5.34. The van der Waals surface area contributed by atoms with Gasteiger partial charge in [-0.2, -0.15) is 0 Å². The van der Waals surface area contributed by atoms with Gasteiger partial charge in [-0.15, -0.1) is 0 Å². The second-order valence-electron chi connectivity index (χ2n) is 6.57. The van der Waals surface area contributed by atoms with Crippen molar-refractivity contribution in [1.82, 2.24) is 5.32 Å². The molecule has 0 aliphatic carbocycles. The average molecular weight is 373 g/mol. The van der Waals surface area contributed by atoms with Gasteiger partial charge in [0.1, 0.15) is 5.92 Å². The van der Waals surface area contributed by atoms with Crippen molar-refractivity contribution < 1.29 is 14.3 Å². The number of amides is 1. The molecule has 1 amide bonds. The third-order valence-corrected chi connectivity index (χ3v) is 4.58. The van der Waals surface area contributed by atoms with Crippen LogP contribution in [0, 0.1) is 6.92 Å². The molecule has 0 heterocycles. The first-order valence-corrected chi connectivity index (χ1v) is 9.23. The minimum atomic E-state index is -0.563. The lowest BCUT2D eigenvalue weighted by atomic mass is 9.91. The maximum Gasteiger partial charge on any atom is 0.318 e. The first-order valence-electron chi connectivity index (χ1n) is 9.23. The summed E-state index contributed by atoms with van der Waals surface area (Å²) in [6, 6.07) is 26.7. The lowest BCUT2D eigenvalue weighted by Gasteiger charge is -2.17. The van der Waals surface area contributed by atoms with Gasteiger partial charge in [0.15, 0.2) is 6.61 Å². The highest BCUT2D eigenvalue weighted by molar-refractivity contribution is 5.85. The lowest BCUT2D eigenvalue weighted by molar-refractivity contribution is -0.149. The summed E-state index contributed by atoms with van der Waals surface area (Å²) in [4.78, 5) is 24.9. The molecule has 0 aromatic heterocycles. The van der Waals surface area contributed by atoms with E-state index in [1.807, 2.05) is 91.9 Å². The zero-order valence-corrected chi connectivity index (χ0v) is 15.8. The number of ether oxygens (including phenoxy) is 1. The molecule has 3 aromatic rings. The molecule has 0 aliphatic heterocycles. The lowest BCUT2D eigenvalue weighted by Crippen LogP contribution is -2.30. The van der Waals surface area contributed by atoms with Gasteiger partial charge in [-0.3, -0.25) is 9.59 Å². The van der Waals surface area contributed by atoms with E-state index in [9.17, 15) is 9.59 Å². The molecular weight excluding hydrogens is 350 g/mol. The fourth-order valence-corrected chi connectivity index (χ4v) is 3.03. The number of hydrogen-bond donors (Lipinski definition) is 1. The van der Waals surface area contributed by atoms with Gasteiger partial charge >= 0.3 is 5.97 Å². The van der Waals surface area contributed by atoms with Crippen molar-refractivity contribution in [3.05, 3.63) is 107 Å². The molecule has 0 radical (unpaired) electrons. The standard InChI is InChI=1S/C24H23NO3/c1-18-10-8-9-15-21(18)16-25-22(26)17-28-24(27)23(19-11-4-2-5-12-19)20-13-6-3-7-14-20/h2-15,23H,16-17H2,1H3,(H,25,26). The van der Waals surface area contributed by atoms with Crippen LogP contribution >= 0.6 is 0 Å². The van der Waals surface area contributed by atoms with Crippen LogP contribution in [0.15, 0.2) is 84.9 Å². The van der Waals surface area contributed by atoms with Crippen LogP contribution < -0.4 is 5.32 Å². The van der Waals surface area contributed by atoms with Gasteiger partial charge in [-0.05, 0) is 29.2 Å². The van der Waals surface area contributed by atoms with Crippen molar-refractivity contribution >= 4 is 11.9 Å². The van der Waals surface area contributed by atoms with Crippen molar-refractivity contribution in [2.45, 2.75) is 19.4 Å². The van der Waals surface area contributed by atoms with Gasteiger partial charge in [0.2, 0.25) is 0 Å². The SMILES string of the molecule is Cc1ccccc1CNC(=O)COC(=O)C(c1ccccc1)c1ccccc1. The Morgan fingerprint density at radius 2 is 1.36 bits per heavy atom. The number of nitrogens with one attached hydrogen (secondary N) is 1. The molecule has 4 heteroatoms. The Kier molecular flexibility index (Phi) is 6.58. The average Bonchev–Trinajstić information content (AvgIpc) is 2.73. The molecule has 0 fully saturated rings. The second-order valence-corrected chi connectivity index (χ2v) is 6.57. The van der Waals surface area contributed by atoms with Gasteiger partial charge in [0.05, 0.1) is 0 Å². The summed E-state index contributed by atoms with van der Waals surface area (Å²) >= 11 is 0. The predicted octanol–water partition coefficient (Wildman–Crippen LogP) is 3.99. The highest BCUT2D eigenvalue weighted by Crippen LogP contribution is 2.25. The van der Waals surface area contributed by atoms with E-state index in [-0.39, 0.29) is 12.5 Å². The van der Waals surface area contributed by atoms with E-state index in [0.717, 1.165) is 22.3 Å². The van der Waals surface area contributed by atoms with Gasteiger partial charge in [-0.1, -0.05) is 84.9 Å². The Bertz CT molecular complexity index is 883. The van der Waals surface area contributed by atoms with Crippen LogP contribution in [0.25, 0.3) is 0 Å². The molecule has 0 atom stereocenters. The Morgan fingerprint density at radius 1 is 0.821 bits per heavy atom. The zero-order valence-electron chi connectivity index (χ0n) is 15.8. The van der Waals surface area contributed by atoms with Gasteiger partial charge < -0.3 is 10.1 Å². The van der Waals surface area contributed by atoms with Crippen LogP contribution in [0.4, 0.5) is 0 Å². The van der Waals surface area contributed by atoms with Gasteiger partial charge in [0, 0.05) is 6.54 Å². The minimum absolute atomic E-state index is 0.305. The van der Waals surface area contributed by atoms with Gasteiger partial charge in [0.25, 0.3) is 5.91 Å².